The minimum absolute atomic E-state index is 0.390. The molecule has 1 aromatic carbocycles. The third kappa shape index (κ3) is 4.51. The molecule has 0 spiro atoms. The summed E-state index contributed by atoms with van der Waals surface area (Å²) < 4.78 is 0.803. The number of hydrogen-bond acceptors (Lipinski definition) is 6. The van der Waals surface area contributed by atoms with Crippen LogP contribution in [0.2, 0.25) is 0 Å². The Hall–Kier alpha value is -1.03. The Kier molecular flexibility index (Phi) is 6.53. The van der Waals surface area contributed by atoms with E-state index in [4.69, 9.17) is 10.2 Å². The molecule has 1 aromatic rings. The number of benzene rings is 1. The van der Waals surface area contributed by atoms with Gasteiger partial charge in [0.2, 0.25) is 0 Å². The summed E-state index contributed by atoms with van der Waals surface area (Å²) in [5.41, 5.74) is 0.390. The lowest BCUT2D eigenvalue weighted by atomic mass is 10.0. The largest absolute Gasteiger partial charge is 0.394 e. The molecule has 0 aliphatic rings. The first-order valence-corrected chi connectivity index (χ1v) is 6.55. The molecule has 4 atom stereocenters. The lowest BCUT2D eigenvalue weighted by molar-refractivity contribution is -0.144. The molecule has 0 fully saturated rings. The van der Waals surface area contributed by atoms with Gasteiger partial charge in [-0.3, -0.25) is 4.79 Å². The Balaban J connectivity index is 2.64. The Morgan fingerprint density at radius 3 is 2.15 bits per heavy atom. The van der Waals surface area contributed by atoms with Gasteiger partial charge in [0.05, 0.1) is 6.61 Å². The zero-order chi connectivity index (χ0) is 15.3. The van der Waals surface area contributed by atoms with Crippen LogP contribution in [0.4, 0.5) is 5.69 Å². The van der Waals surface area contributed by atoms with Crippen molar-refractivity contribution in [3.8, 4) is 0 Å². The van der Waals surface area contributed by atoms with E-state index >= 15 is 0 Å². The predicted octanol–water partition coefficient (Wildman–Crippen LogP) is -1.18. The number of aliphatic hydroxyl groups is 5. The van der Waals surface area contributed by atoms with Gasteiger partial charge < -0.3 is 30.8 Å². The Morgan fingerprint density at radius 1 is 1.10 bits per heavy atom. The first-order valence-electron chi connectivity index (χ1n) is 5.76. The molecule has 0 heterocycles. The maximum atomic E-state index is 11.7. The Labute approximate surface area is 123 Å². The van der Waals surface area contributed by atoms with Gasteiger partial charge in [-0.25, -0.2) is 0 Å². The van der Waals surface area contributed by atoms with Crippen LogP contribution in [0.15, 0.2) is 28.7 Å². The average molecular weight is 350 g/mol. The summed E-state index contributed by atoms with van der Waals surface area (Å²) in [5, 5.41) is 48.6. The second-order valence-electron chi connectivity index (χ2n) is 4.17. The molecule has 0 aliphatic carbocycles. The zero-order valence-corrected chi connectivity index (χ0v) is 11.9. The molecule has 0 saturated heterocycles. The van der Waals surface area contributed by atoms with Crippen LogP contribution >= 0.6 is 15.9 Å². The molecule has 0 aliphatic heterocycles. The Morgan fingerprint density at radius 2 is 1.65 bits per heavy atom. The lowest BCUT2D eigenvalue weighted by Gasteiger charge is -2.24. The van der Waals surface area contributed by atoms with Crippen molar-refractivity contribution in [2.75, 3.05) is 11.9 Å². The summed E-state index contributed by atoms with van der Waals surface area (Å²) in [6.07, 6.45) is -7.37. The van der Waals surface area contributed by atoms with E-state index in [2.05, 4.69) is 21.2 Å². The van der Waals surface area contributed by atoms with Gasteiger partial charge in [-0.15, -0.1) is 0 Å². The number of anilines is 1. The van der Waals surface area contributed by atoms with Crippen molar-refractivity contribution >= 4 is 27.5 Å². The molecule has 112 valence electrons. The minimum atomic E-state index is -1.95. The monoisotopic (exact) mass is 349 g/mol. The molecule has 7 nitrogen and oxygen atoms in total. The highest BCUT2D eigenvalue weighted by atomic mass is 79.9. The van der Waals surface area contributed by atoms with Crippen LogP contribution in [0.1, 0.15) is 0 Å². The second kappa shape index (κ2) is 7.67. The minimum Gasteiger partial charge on any atom is -0.394 e. The number of carbonyl (C=O) groups excluding carboxylic acids is 1. The summed E-state index contributed by atoms with van der Waals surface area (Å²) >= 11 is 3.22. The van der Waals surface area contributed by atoms with Crippen LogP contribution in [0.25, 0.3) is 0 Å². The van der Waals surface area contributed by atoms with Gasteiger partial charge >= 0.3 is 0 Å². The van der Waals surface area contributed by atoms with Crippen LogP contribution in [0, 0.1) is 0 Å². The van der Waals surface area contributed by atoms with E-state index in [1.54, 1.807) is 24.3 Å². The summed E-state index contributed by atoms with van der Waals surface area (Å²) in [4.78, 5) is 11.7. The third-order valence-corrected chi connectivity index (χ3v) is 3.16. The van der Waals surface area contributed by atoms with E-state index in [1.165, 1.54) is 0 Å². The van der Waals surface area contributed by atoms with Crippen molar-refractivity contribution in [1.29, 1.82) is 0 Å². The van der Waals surface area contributed by atoms with Gasteiger partial charge in [0.1, 0.15) is 18.3 Å². The maximum Gasteiger partial charge on any atom is 0.256 e. The molecule has 8 heteroatoms. The zero-order valence-electron chi connectivity index (χ0n) is 10.3. The summed E-state index contributed by atoms with van der Waals surface area (Å²) in [5.74, 6) is -0.941. The SMILES string of the molecule is O=C(Nc1ccc(Br)cc1)[C@H](O)[C@@H](O)[C@H](O)[C@H](O)CO. The predicted molar refractivity (Wildman–Crippen MR) is 73.9 cm³/mol. The molecular formula is C12H16BrNO6. The van der Waals surface area contributed by atoms with Gasteiger partial charge in [-0.2, -0.15) is 0 Å². The van der Waals surface area contributed by atoms with Crippen molar-refractivity contribution in [1.82, 2.24) is 0 Å². The quantitative estimate of drug-likeness (QED) is 0.383. The van der Waals surface area contributed by atoms with E-state index in [9.17, 15) is 20.1 Å². The highest BCUT2D eigenvalue weighted by molar-refractivity contribution is 9.10. The third-order valence-electron chi connectivity index (χ3n) is 2.64. The number of hydrogen-bond donors (Lipinski definition) is 6. The molecule has 1 rings (SSSR count). The topological polar surface area (TPSA) is 130 Å². The molecule has 6 N–H and O–H groups in total. The molecule has 0 radical (unpaired) electrons. The first-order chi connectivity index (χ1) is 9.36. The fraction of sp³-hybridized carbons (Fsp3) is 0.417. The summed E-state index contributed by atoms with van der Waals surface area (Å²) in [7, 11) is 0. The number of aliphatic hydroxyl groups excluding tert-OH is 5. The van der Waals surface area contributed by atoms with E-state index < -0.39 is 36.9 Å². The molecule has 0 aromatic heterocycles. The van der Waals surface area contributed by atoms with Crippen molar-refractivity contribution in [2.45, 2.75) is 24.4 Å². The fourth-order valence-corrected chi connectivity index (χ4v) is 1.69. The number of rotatable bonds is 6. The fourth-order valence-electron chi connectivity index (χ4n) is 1.43. The van der Waals surface area contributed by atoms with Crippen molar-refractivity contribution < 1.29 is 30.3 Å². The number of amides is 1. The number of halogens is 1. The molecule has 0 bridgehead atoms. The highest BCUT2D eigenvalue weighted by Crippen LogP contribution is 2.15. The highest BCUT2D eigenvalue weighted by Gasteiger charge is 2.34. The maximum absolute atomic E-state index is 11.7. The van der Waals surface area contributed by atoms with Crippen LogP contribution < -0.4 is 5.32 Å². The molecular weight excluding hydrogens is 334 g/mol. The molecule has 20 heavy (non-hydrogen) atoms. The van der Waals surface area contributed by atoms with Crippen molar-refractivity contribution in [3.63, 3.8) is 0 Å². The summed E-state index contributed by atoms with van der Waals surface area (Å²) in [6, 6.07) is 6.48. The van der Waals surface area contributed by atoms with E-state index in [-0.39, 0.29) is 0 Å². The average Bonchev–Trinajstić information content (AvgIpc) is 2.46. The van der Waals surface area contributed by atoms with Crippen LogP contribution in [-0.2, 0) is 4.79 Å². The van der Waals surface area contributed by atoms with Gasteiger partial charge in [0, 0.05) is 10.2 Å². The van der Waals surface area contributed by atoms with Crippen LogP contribution in [-0.4, -0.2) is 62.5 Å². The van der Waals surface area contributed by atoms with Crippen molar-refractivity contribution in [2.24, 2.45) is 0 Å². The Bertz CT molecular complexity index is 440. The molecule has 0 saturated carbocycles. The number of nitrogens with one attached hydrogen (secondary N) is 1. The van der Waals surface area contributed by atoms with E-state index in [1.807, 2.05) is 0 Å². The van der Waals surface area contributed by atoms with Crippen LogP contribution in [0.5, 0.6) is 0 Å². The van der Waals surface area contributed by atoms with Gasteiger partial charge in [-0.1, -0.05) is 15.9 Å². The lowest BCUT2D eigenvalue weighted by Crippen LogP contribution is -2.50. The molecule has 0 unspecified atom stereocenters. The van der Waals surface area contributed by atoms with Crippen LogP contribution in [0.3, 0.4) is 0 Å². The second-order valence-corrected chi connectivity index (χ2v) is 5.09. The van der Waals surface area contributed by atoms with Gasteiger partial charge in [0.25, 0.3) is 5.91 Å². The van der Waals surface area contributed by atoms with Gasteiger partial charge in [-0.05, 0) is 24.3 Å². The normalized spacial score (nSPS) is 17.1. The standard InChI is InChI=1S/C12H16BrNO6/c13-6-1-3-7(4-2-6)14-12(20)11(19)10(18)9(17)8(16)5-15/h1-4,8-11,15-19H,5H2,(H,14,20)/t8-,9-,10+,11-/m1/s1. The smallest absolute Gasteiger partial charge is 0.256 e. The number of carbonyl (C=O) groups is 1. The van der Waals surface area contributed by atoms with E-state index in [0.717, 1.165) is 4.47 Å². The van der Waals surface area contributed by atoms with Crippen molar-refractivity contribution in [3.05, 3.63) is 28.7 Å². The van der Waals surface area contributed by atoms with E-state index in [0.29, 0.717) is 5.69 Å². The first kappa shape index (κ1) is 17.0. The van der Waals surface area contributed by atoms with Gasteiger partial charge in [0.15, 0.2) is 6.10 Å². The molecule has 1 amide bonds. The summed E-state index contributed by atoms with van der Waals surface area (Å²) in [6.45, 7) is -0.806.